The van der Waals surface area contributed by atoms with Gasteiger partial charge in [0.2, 0.25) is 0 Å². The highest BCUT2D eigenvalue weighted by Crippen LogP contribution is 2.55. The van der Waals surface area contributed by atoms with Crippen LogP contribution in [0.1, 0.15) is 49.1 Å². The fourth-order valence-electron chi connectivity index (χ4n) is 6.00. The van der Waals surface area contributed by atoms with E-state index in [0.29, 0.717) is 26.5 Å². The number of halogens is 2. The van der Waals surface area contributed by atoms with E-state index in [4.69, 9.17) is 39.8 Å². The Balaban J connectivity index is 1.26. The molecule has 4 fully saturated rings. The summed E-state index contributed by atoms with van der Waals surface area (Å²) in [6.07, 6.45) is 7.57. The van der Waals surface area contributed by atoms with E-state index in [2.05, 4.69) is 10.6 Å². The second-order valence-electron chi connectivity index (χ2n) is 8.87. The Morgan fingerprint density at radius 1 is 1.03 bits per heavy atom. The number of furan rings is 1. The third kappa shape index (κ3) is 3.69. The first kappa shape index (κ1) is 19.4. The van der Waals surface area contributed by atoms with E-state index in [-0.39, 0.29) is 17.2 Å². The van der Waals surface area contributed by atoms with Crippen LogP contribution in [0.3, 0.4) is 0 Å². The molecule has 1 heterocycles. The van der Waals surface area contributed by atoms with Crippen LogP contribution >= 0.6 is 35.4 Å². The predicted molar refractivity (Wildman–Crippen MR) is 118 cm³/mol. The number of carbonyl (C=O) groups excluding carboxylic acids is 1. The highest BCUT2D eigenvalue weighted by molar-refractivity contribution is 7.80. The van der Waals surface area contributed by atoms with Crippen LogP contribution in [0, 0.1) is 17.8 Å². The minimum Gasteiger partial charge on any atom is -0.451 e. The molecular formula is C22H22Cl2N2O2S. The van der Waals surface area contributed by atoms with E-state index in [1.54, 1.807) is 30.3 Å². The average Bonchev–Trinajstić information content (AvgIpc) is 3.12. The normalized spacial score (nSPS) is 29.7. The minimum atomic E-state index is -0.364. The van der Waals surface area contributed by atoms with Gasteiger partial charge in [-0.15, -0.1) is 0 Å². The summed E-state index contributed by atoms with van der Waals surface area (Å²) in [6.45, 7) is 0. The molecule has 0 spiro atoms. The molecule has 1 aromatic heterocycles. The molecule has 0 saturated heterocycles. The highest BCUT2D eigenvalue weighted by atomic mass is 35.5. The molecule has 152 valence electrons. The van der Waals surface area contributed by atoms with Crippen molar-refractivity contribution in [2.45, 2.75) is 44.1 Å². The van der Waals surface area contributed by atoms with Gasteiger partial charge in [-0.05, 0) is 92.8 Å². The predicted octanol–water partition coefficient (Wildman–Crippen LogP) is 5.83. The van der Waals surface area contributed by atoms with Crippen LogP contribution < -0.4 is 10.6 Å². The van der Waals surface area contributed by atoms with Gasteiger partial charge in [0.15, 0.2) is 10.9 Å². The van der Waals surface area contributed by atoms with Gasteiger partial charge in [-0.3, -0.25) is 10.1 Å². The lowest BCUT2D eigenvalue weighted by Gasteiger charge is -2.57. The number of hydrogen-bond donors (Lipinski definition) is 2. The molecule has 4 bridgehead atoms. The maximum absolute atomic E-state index is 12.6. The number of carbonyl (C=O) groups is 1. The lowest BCUT2D eigenvalue weighted by Crippen LogP contribution is -2.61. The minimum absolute atomic E-state index is 0.0573. The third-order valence-corrected chi connectivity index (χ3v) is 7.71. The van der Waals surface area contributed by atoms with Crippen LogP contribution in [0.2, 0.25) is 10.0 Å². The Hall–Kier alpha value is -1.56. The Morgan fingerprint density at radius 2 is 1.69 bits per heavy atom. The van der Waals surface area contributed by atoms with Crippen molar-refractivity contribution in [3.63, 3.8) is 0 Å². The van der Waals surface area contributed by atoms with Gasteiger partial charge >= 0.3 is 0 Å². The van der Waals surface area contributed by atoms with Gasteiger partial charge in [0, 0.05) is 11.1 Å². The molecule has 7 heteroatoms. The number of hydrogen-bond acceptors (Lipinski definition) is 3. The lowest BCUT2D eigenvalue weighted by atomic mass is 9.53. The Bertz CT molecular complexity index is 952. The molecule has 4 saturated carbocycles. The zero-order valence-corrected chi connectivity index (χ0v) is 18.2. The summed E-state index contributed by atoms with van der Waals surface area (Å²) in [4.78, 5) is 12.6. The molecule has 2 N–H and O–H groups in total. The average molecular weight is 449 g/mol. The molecule has 0 aliphatic heterocycles. The lowest BCUT2D eigenvalue weighted by molar-refractivity contribution is -0.0101. The number of amides is 1. The Labute approximate surface area is 185 Å². The molecule has 0 atom stereocenters. The van der Waals surface area contributed by atoms with Crippen molar-refractivity contribution in [2.75, 3.05) is 0 Å². The highest BCUT2D eigenvalue weighted by Gasteiger charge is 2.51. The SMILES string of the molecule is O=C(NC(=S)NC12CC3CC(CC(C3)C1)C2)c1ccc(-c2cccc(Cl)c2Cl)o1. The van der Waals surface area contributed by atoms with Gasteiger partial charge in [-0.1, -0.05) is 29.3 Å². The molecule has 2 aromatic rings. The van der Waals surface area contributed by atoms with Crippen LogP contribution in [-0.4, -0.2) is 16.6 Å². The Kier molecular flexibility index (Phi) is 4.88. The first-order valence-corrected chi connectivity index (χ1v) is 11.2. The largest absolute Gasteiger partial charge is 0.451 e. The van der Waals surface area contributed by atoms with E-state index in [9.17, 15) is 4.79 Å². The van der Waals surface area contributed by atoms with Gasteiger partial charge in [0.1, 0.15) is 5.76 Å². The molecule has 4 aliphatic carbocycles. The first-order chi connectivity index (χ1) is 13.9. The van der Waals surface area contributed by atoms with Crippen molar-refractivity contribution in [1.29, 1.82) is 0 Å². The van der Waals surface area contributed by atoms with Gasteiger partial charge in [-0.2, -0.15) is 0 Å². The van der Waals surface area contributed by atoms with Crippen molar-refractivity contribution < 1.29 is 9.21 Å². The molecule has 0 unspecified atom stereocenters. The van der Waals surface area contributed by atoms with Crippen LogP contribution in [0.25, 0.3) is 11.3 Å². The smallest absolute Gasteiger partial charge is 0.293 e. The van der Waals surface area contributed by atoms with Crippen LogP contribution in [0.5, 0.6) is 0 Å². The number of benzene rings is 1. The quantitative estimate of drug-likeness (QED) is 0.580. The molecule has 0 radical (unpaired) electrons. The second-order valence-corrected chi connectivity index (χ2v) is 10.1. The van der Waals surface area contributed by atoms with Crippen molar-refractivity contribution in [3.05, 3.63) is 46.1 Å². The second kappa shape index (κ2) is 7.29. The molecule has 4 aliphatic rings. The zero-order chi connectivity index (χ0) is 20.2. The van der Waals surface area contributed by atoms with Gasteiger partial charge in [-0.25, -0.2) is 0 Å². The summed E-state index contributed by atoms with van der Waals surface area (Å²) in [5.74, 6) is 2.73. The standard InChI is InChI=1S/C22H22Cl2N2O2S/c23-16-3-1-2-15(19(16)24)17-4-5-18(28-17)20(27)25-21(29)26-22-9-12-6-13(10-22)8-14(7-12)11-22/h1-5,12-14H,6-11H2,(H2,25,26,27,29). The fraction of sp³-hybridized carbons (Fsp3) is 0.455. The van der Waals surface area contributed by atoms with Crippen LogP contribution in [0.4, 0.5) is 0 Å². The molecule has 1 amide bonds. The van der Waals surface area contributed by atoms with Crippen LogP contribution in [-0.2, 0) is 0 Å². The topological polar surface area (TPSA) is 54.3 Å². The van der Waals surface area contributed by atoms with Gasteiger partial charge in [0.25, 0.3) is 5.91 Å². The maximum Gasteiger partial charge on any atom is 0.293 e. The van der Waals surface area contributed by atoms with Crippen molar-refractivity contribution >= 4 is 46.4 Å². The van der Waals surface area contributed by atoms with Crippen molar-refractivity contribution in [3.8, 4) is 11.3 Å². The molecular weight excluding hydrogens is 427 g/mol. The summed E-state index contributed by atoms with van der Waals surface area (Å²) in [5, 5.41) is 7.51. The van der Waals surface area contributed by atoms with E-state index < -0.39 is 0 Å². The number of nitrogens with one attached hydrogen (secondary N) is 2. The van der Waals surface area contributed by atoms with Gasteiger partial charge in [0.05, 0.1) is 10.0 Å². The zero-order valence-electron chi connectivity index (χ0n) is 15.8. The van der Waals surface area contributed by atoms with Gasteiger partial charge < -0.3 is 9.73 Å². The molecule has 4 nitrogen and oxygen atoms in total. The summed E-state index contributed by atoms with van der Waals surface area (Å²) in [5.41, 5.74) is 0.703. The fourth-order valence-corrected chi connectivity index (χ4v) is 6.70. The molecule has 1 aromatic carbocycles. The van der Waals surface area contributed by atoms with E-state index in [1.165, 1.54) is 19.3 Å². The monoisotopic (exact) mass is 448 g/mol. The summed E-state index contributed by atoms with van der Waals surface area (Å²) < 4.78 is 5.72. The third-order valence-electron chi connectivity index (χ3n) is 6.69. The van der Waals surface area contributed by atoms with E-state index in [0.717, 1.165) is 37.0 Å². The molecule has 6 rings (SSSR count). The number of thiocarbonyl (C=S) groups is 1. The Morgan fingerprint density at radius 3 is 2.34 bits per heavy atom. The first-order valence-electron chi connectivity index (χ1n) is 10.1. The van der Waals surface area contributed by atoms with Crippen molar-refractivity contribution in [1.82, 2.24) is 10.6 Å². The summed E-state index contributed by atoms with van der Waals surface area (Å²) in [7, 11) is 0. The number of rotatable bonds is 3. The summed E-state index contributed by atoms with van der Waals surface area (Å²) >= 11 is 17.8. The van der Waals surface area contributed by atoms with Crippen molar-refractivity contribution in [2.24, 2.45) is 17.8 Å². The van der Waals surface area contributed by atoms with Crippen LogP contribution in [0.15, 0.2) is 34.7 Å². The van der Waals surface area contributed by atoms with E-state index in [1.807, 2.05) is 0 Å². The summed E-state index contributed by atoms with van der Waals surface area (Å²) in [6, 6.07) is 8.63. The maximum atomic E-state index is 12.6. The van der Waals surface area contributed by atoms with E-state index >= 15 is 0 Å². The molecule has 29 heavy (non-hydrogen) atoms.